The van der Waals surface area contributed by atoms with Crippen molar-refractivity contribution in [3.8, 4) is 11.4 Å². The summed E-state index contributed by atoms with van der Waals surface area (Å²) in [4.78, 5) is 31.5. The highest BCUT2D eigenvalue weighted by Crippen LogP contribution is 2.34. The Morgan fingerprint density at radius 2 is 1.77 bits per heavy atom. The highest BCUT2D eigenvalue weighted by molar-refractivity contribution is 7.14. The van der Waals surface area contributed by atoms with E-state index < -0.39 is 5.97 Å². The van der Waals surface area contributed by atoms with E-state index >= 15 is 0 Å². The van der Waals surface area contributed by atoms with Crippen molar-refractivity contribution < 1.29 is 19.1 Å². The number of benzene rings is 2. The third-order valence-corrected chi connectivity index (χ3v) is 6.25. The Morgan fingerprint density at radius 3 is 2.40 bits per heavy atom. The molecule has 0 atom stereocenters. The van der Waals surface area contributed by atoms with Crippen LogP contribution in [0.15, 0.2) is 54.0 Å². The average molecular weight is 491 g/mol. The quantitative estimate of drug-likeness (QED) is 0.327. The Hall–Kier alpha value is -3.98. The molecule has 0 spiro atoms. The zero-order valence-electron chi connectivity index (χ0n) is 20.2. The first-order valence-electron chi connectivity index (χ1n) is 11.0. The van der Waals surface area contributed by atoms with Gasteiger partial charge in [0.2, 0.25) is 11.6 Å². The van der Waals surface area contributed by atoms with Crippen molar-refractivity contribution >= 4 is 34.0 Å². The number of carbonyl (C=O) groups excluding carboxylic acids is 2. The first-order chi connectivity index (χ1) is 16.8. The molecule has 8 nitrogen and oxygen atoms in total. The topological polar surface area (TPSA) is 86.6 Å². The van der Waals surface area contributed by atoms with Crippen LogP contribution in [0.5, 0.6) is 5.75 Å². The largest absolute Gasteiger partial charge is 0.493 e. The number of ether oxygens (including phenoxy) is 2. The van der Waals surface area contributed by atoms with Gasteiger partial charge in [0, 0.05) is 12.3 Å². The van der Waals surface area contributed by atoms with Gasteiger partial charge in [-0.25, -0.2) is 14.5 Å². The predicted molar refractivity (Wildman–Crippen MR) is 135 cm³/mol. The number of nitrogens with zero attached hydrogens (tertiary/aromatic N) is 4. The SMILES string of the molecule is COc1cn(-c2ccccc2)nc1C(=O)OCc1csc(N(C(C)=O)c2c(C)cc(C)cc2C)n1. The number of esters is 1. The van der Waals surface area contributed by atoms with Gasteiger partial charge in [-0.3, -0.25) is 9.69 Å². The number of thiazole rings is 1. The van der Waals surface area contributed by atoms with Crippen LogP contribution < -0.4 is 9.64 Å². The molecule has 4 rings (SSSR count). The Balaban J connectivity index is 1.52. The highest BCUT2D eigenvalue weighted by Gasteiger charge is 2.23. The minimum atomic E-state index is -0.625. The summed E-state index contributed by atoms with van der Waals surface area (Å²) in [6.07, 6.45) is 1.63. The fourth-order valence-corrected chi connectivity index (χ4v) is 4.81. The van der Waals surface area contributed by atoms with Crippen LogP contribution in [0.4, 0.5) is 10.8 Å². The van der Waals surface area contributed by atoms with E-state index in [9.17, 15) is 9.59 Å². The number of carbonyl (C=O) groups is 2. The van der Waals surface area contributed by atoms with Crippen LogP contribution in [0.3, 0.4) is 0 Å². The second-order valence-electron chi connectivity index (χ2n) is 8.13. The van der Waals surface area contributed by atoms with Crippen LogP contribution >= 0.6 is 11.3 Å². The molecule has 2 aromatic heterocycles. The monoisotopic (exact) mass is 490 g/mol. The Labute approximate surface area is 207 Å². The first kappa shape index (κ1) is 24.2. The summed E-state index contributed by atoms with van der Waals surface area (Å²) in [6.45, 7) is 7.42. The fraction of sp³-hybridized carbons (Fsp3) is 0.231. The molecule has 1 amide bonds. The molecule has 180 valence electrons. The Kier molecular flexibility index (Phi) is 6.97. The molecule has 2 aromatic carbocycles. The van der Waals surface area contributed by atoms with Crippen LogP contribution in [0, 0.1) is 20.8 Å². The lowest BCUT2D eigenvalue weighted by Gasteiger charge is -2.23. The van der Waals surface area contributed by atoms with Crippen LogP contribution in [0.25, 0.3) is 5.69 Å². The van der Waals surface area contributed by atoms with Crippen LogP contribution in [-0.2, 0) is 16.1 Å². The summed E-state index contributed by atoms with van der Waals surface area (Å²) in [6, 6.07) is 13.5. The van der Waals surface area contributed by atoms with Gasteiger partial charge >= 0.3 is 5.97 Å². The summed E-state index contributed by atoms with van der Waals surface area (Å²) < 4.78 is 12.4. The molecule has 0 saturated carbocycles. The molecular formula is C26H26N4O4S. The van der Waals surface area contributed by atoms with Gasteiger partial charge in [0.15, 0.2) is 10.9 Å². The number of aryl methyl sites for hydroxylation is 3. The molecule has 35 heavy (non-hydrogen) atoms. The Morgan fingerprint density at radius 1 is 1.09 bits per heavy atom. The van der Waals surface area contributed by atoms with E-state index in [1.807, 2.05) is 63.2 Å². The standard InChI is InChI=1S/C26H26N4O4S/c1-16-11-17(2)24(18(3)12-16)30(19(4)31)26-27-20(15-35-26)14-34-25(32)23-22(33-5)13-29(28-23)21-9-7-6-8-10-21/h6-13,15H,14H2,1-5H3. The maximum absolute atomic E-state index is 12.8. The number of amides is 1. The van der Waals surface area contributed by atoms with Crippen molar-refractivity contribution in [2.24, 2.45) is 0 Å². The van der Waals surface area contributed by atoms with Gasteiger partial charge in [-0.05, 0) is 44.0 Å². The third-order valence-electron chi connectivity index (χ3n) is 5.37. The predicted octanol–water partition coefficient (Wildman–Crippen LogP) is 5.30. The van der Waals surface area contributed by atoms with Crippen molar-refractivity contribution in [2.75, 3.05) is 12.0 Å². The van der Waals surface area contributed by atoms with E-state index in [1.54, 1.807) is 21.2 Å². The van der Waals surface area contributed by atoms with Crippen LogP contribution in [0.1, 0.15) is 39.8 Å². The van der Waals surface area contributed by atoms with Crippen molar-refractivity contribution in [1.82, 2.24) is 14.8 Å². The van der Waals surface area contributed by atoms with E-state index in [0.29, 0.717) is 16.6 Å². The molecule has 0 saturated heterocycles. The molecule has 0 aliphatic heterocycles. The lowest BCUT2D eigenvalue weighted by molar-refractivity contribution is -0.115. The summed E-state index contributed by atoms with van der Waals surface area (Å²) in [7, 11) is 1.47. The maximum Gasteiger partial charge on any atom is 0.363 e. The first-order valence-corrected chi connectivity index (χ1v) is 11.9. The summed E-state index contributed by atoms with van der Waals surface area (Å²) >= 11 is 1.32. The van der Waals surface area contributed by atoms with Gasteiger partial charge in [0.05, 0.1) is 30.4 Å². The molecule has 0 fully saturated rings. The molecule has 9 heteroatoms. The number of rotatable bonds is 7. The Bertz CT molecular complexity index is 1350. The summed E-state index contributed by atoms with van der Waals surface area (Å²) in [5.74, 6) is -0.459. The summed E-state index contributed by atoms with van der Waals surface area (Å²) in [5, 5.41) is 6.63. The molecule has 4 aromatic rings. The van der Waals surface area contributed by atoms with Gasteiger partial charge in [-0.15, -0.1) is 11.3 Å². The maximum atomic E-state index is 12.8. The molecule has 0 aliphatic carbocycles. The number of anilines is 2. The van der Waals surface area contributed by atoms with E-state index in [0.717, 1.165) is 28.1 Å². The van der Waals surface area contributed by atoms with Gasteiger partial charge in [-0.1, -0.05) is 35.9 Å². The molecule has 0 aliphatic rings. The normalized spacial score (nSPS) is 10.8. The number of hydrogen-bond acceptors (Lipinski definition) is 7. The lowest BCUT2D eigenvalue weighted by Crippen LogP contribution is -2.24. The van der Waals surface area contributed by atoms with Crippen LogP contribution in [0.2, 0.25) is 0 Å². The molecule has 0 N–H and O–H groups in total. The second kappa shape index (κ2) is 10.1. The minimum Gasteiger partial charge on any atom is -0.493 e. The van der Waals surface area contributed by atoms with E-state index in [2.05, 4.69) is 10.1 Å². The smallest absolute Gasteiger partial charge is 0.363 e. The van der Waals surface area contributed by atoms with Crippen molar-refractivity contribution in [3.63, 3.8) is 0 Å². The second-order valence-corrected chi connectivity index (χ2v) is 8.96. The van der Waals surface area contributed by atoms with Crippen molar-refractivity contribution in [1.29, 1.82) is 0 Å². The number of hydrogen-bond donors (Lipinski definition) is 0. The van der Waals surface area contributed by atoms with Crippen molar-refractivity contribution in [3.05, 3.63) is 82.1 Å². The number of aromatic nitrogens is 3. The molecular weight excluding hydrogens is 464 g/mol. The van der Waals surface area contributed by atoms with E-state index in [4.69, 9.17) is 9.47 Å². The van der Waals surface area contributed by atoms with Crippen LogP contribution in [-0.4, -0.2) is 33.8 Å². The number of para-hydroxylation sites is 1. The van der Waals surface area contributed by atoms with Crippen molar-refractivity contribution in [2.45, 2.75) is 34.3 Å². The fourth-order valence-electron chi connectivity index (χ4n) is 3.95. The lowest BCUT2D eigenvalue weighted by atomic mass is 10.0. The molecule has 0 radical (unpaired) electrons. The minimum absolute atomic E-state index is 0.0612. The van der Waals surface area contributed by atoms with E-state index in [-0.39, 0.29) is 18.2 Å². The molecule has 0 bridgehead atoms. The van der Waals surface area contributed by atoms with E-state index in [1.165, 1.54) is 25.4 Å². The van der Waals surface area contributed by atoms with Gasteiger partial charge in [0.25, 0.3) is 0 Å². The third kappa shape index (κ3) is 5.09. The average Bonchev–Trinajstić information content (AvgIpc) is 3.47. The zero-order valence-corrected chi connectivity index (χ0v) is 21.0. The summed E-state index contributed by atoms with van der Waals surface area (Å²) in [5.41, 5.74) is 5.32. The van der Waals surface area contributed by atoms with Gasteiger partial charge in [0.1, 0.15) is 6.61 Å². The molecule has 2 heterocycles. The molecule has 0 unspecified atom stereocenters. The highest BCUT2D eigenvalue weighted by atomic mass is 32.1. The van der Waals surface area contributed by atoms with Gasteiger partial charge < -0.3 is 9.47 Å². The van der Waals surface area contributed by atoms with Gasteiger partial charge in [-0.2, -0.15) is 5.10 Å². The zero-order chi connectivity index (χ0) is 25.1. The number of methoxy groups -OCH3 is 1.